The van der Waals surface area contributed by atoms with Gasteiger partial charge in [0.15, 0.2) is 5.96 Å². The molecule has 3 nitrogen and oxygen atoms in total. The maximum absolute atomic E-state index is 4.74. The molecule has 5 heteroatoms. The topological polar surface area (TPSA) is 27.6 Å². The van der Waals surface area contributed by atoms with E-state index in [0.29, 0.717) is 0 Å². The first-order valence-corrected chi connectivity index (χ1v) is 8.95. The van der Waals surface area contributed by atoms with Crippen LogP contribution < -0.4 is 5.32 Å². The predicted octanol–water partition coefficient (Wildman–Crippen LogP) is 3.76. The third kappa shape index (κ3) is 5.17. The molecule has 0 radical (unpaired) electrons. The summed E-state index contributed by atoms with van der Waals surface area (Å²) in [5.74, 6) is 0.986. The summed E-state index contributed by atoms with van der Waals surface area (Å²) in [4.78, 5) is 11.0. The average molecular weight is 322 g/mol. The first kappa shape index (κ1) is 16.0. The molecule has 1 N–H and O–H groups in total. The molecule has 0 saturated heterocycles. The van der Waals surface area contributed by atoms with E-state index in [2.05, 4.69) is 60.8 Å². The number of rotatable bonds is 6. The van der Waals surface area contributed by atoms with Crippen molar-refractivity contribution in [2.24, 2.45) is 4.99 Å². The highest BCUT2D eigenvalue weighted by Gasteiger charge is 2.06. The number of likely N-dealkylation sites (N-methyl/N-ethyl adjacent to an activating group) is 1. The first-order valence-electron chi connectivity index (χ1n) is 7.26. The van der Waals surface area contributed by atoms with Gasteiger partial charge in [0, 0.05) is 34.8 Å². The monoisotopic (exact) mass is 321 g/mol. The predicted molar refractivity (Wildman–Crippen MR) is 94.5 cm³/mol. The minimum absolute atomic E-state index is 0.754. The second-order valence-corrected chi connectivity index (χ2v) is 7.34. The van der Waals surface area contributed by atoms with Crippen molar-refractivity contribution in [2.45, 2.75) is 26.8 Å². The maximum atomic E-state index is 4.74. The van der Waals surface area contributed by atoms with Crippen molar-refractivity contribution in [3.05, 3.63) is 44.3 Å². The maximum Gasteiger partial charge on any atom is 0.194 e. The highest BCUT2D eigenvalue weighted by atomic mass is 32.1. The average Bonchev–Trinajstić information content (AvgIpc) is 3.12. The van der Waals surface area contributed by atoms with E-state index in [1.165, 1.54) is 14.6 Å². The summed E-state index contributed by atoms with van der Waals surface area (Å²) < 4.78 is 0. The van der Waals surface area contributed by atoms with Gasteiger partial charge in [-0.2, -0.15) is 0 Å². The minimum Gasteiger partial charge on any atom is -0.357 e. The Bertz CT molecular complexity index is 558. The van der Waals surface area contributed by atoms with Crippen LogP contribution in [0.25, 0.3) is 0 Å². The van der Waals surface area contributed by atoms with Crippen LogP contribution in [0.3, 0.4) is 0 Å². The summed E-state index contributed by atoms with van der Waals surface area (Å²) in [6, 6.07) is 8.62. The highest BCUT2D eigenvalue weighted by molar-refractivity contribution is 7.11. The zero-order valence-corrected chi connectivity index (χ0v) is 14.6. The zero-order chi connectivity index (χ0) is 15.1. The van der Waals surface area contributed by atoms with Gasteiger partial charge in [-0.25, -0.2) is 4.99 Å². The Balaban J connectivity index is 1.92. The van der Waals surface area contributed by atoms with Crippen LogP contribution in [0.1, 0.15) is 21.6 Å². The van der Waals surface area contributed by atoms with Crippen LogP contribution in [0.15, 0.2) is 34.6 Å². The number of thiophene rings is 2. The molecule has 0 unspecified atom stereocenters. The second kappa shape index (κ2) is 8.20. The number of nitrogens with zero attached hydrogens (tertiary/aromatic N) is 2. The van der Waals surface area contributed by atoms with Gasteiger partial charge in [0.2, 0.25) is 0 Å². The molecule has 2 rings (SSSR count). The molecule has 0 amide bonds. The van der Waals surface area contributed by atoms with Crippen molar-refractivity contribution in [2.75, 3.05) is 20.1 Å². The molecule has 0 spiro atoms. The largest absolute Gasteiger partial charge is 0.357 e. The molecule has 0 aliphatic rings. The Morgan fingerprint density at radius 1 is 1.29 bits per heavy atom. The highest BCUT2D eigenvalue weighted by Crippen LogP contribution is 2.16. The Labute approximate surface area is 135 Å². The SMILES string of the molecule is CCNC(=NCc1ccc(C)s1)N(C)CCc1cccs1. The molecule has 0 saturated carbocycles. The lowest BCUT2D eigenvalue weighted by Gasteiger charge is -2.21. The first-order chi connectivity index (χ1) is 10.2. The fourth-order valence-electron chi connectivity index (χ4n) is 2.03. The normalized spacial score (nSPS) is 11.7. The standard InChI is InChI=1S/C16H23N3S2/c1-4-17-16(18-12-15-8-7-13(2)21-15)19(3)10-9-14-6-5-11-20-14/h5-8,11H,4,9-10,12H2,1-3H3,(H,17,18). The van der Waals surface area contributed by atoms with Gasteiger partial charge in [-0.1, -0.05) is 6.07 Å². The molecule has 114 valence electrons. The summed E-state index contributed by atoms with van der Waals surface area (Å²) in [7, 11) is 2.11. The van der Waals surface area contributed by atoms with Crippen LogP contribution in [0.5, 0.6) is 0 Å². The van der Waals surface area contributed by atoms with E-state index in [-0.39, 0.29) is 0 Å². The number of nitrogens with one attached hydrogen (secondary N) is 1. The van der Waals surface area contributed by atoms with E-state index < -0.39 is 0 Å². The lowest BCUT2D eigenvalue weighted by Crippen LogP contribution is -2.39. The molecule has 0 aromatic carbocycles. The fourth-order valence-corrected chi connectivity index (χ4v) is 3.54. The Kier molecular flexibility index (Phi) is 6.26. The fraction of sp³-hybridized carbons (Fsp3) is 0.438. The van der Waals surface area contributed by atoms with E-state index in [4.69, 9.17) is 4.99 Å². The van der Waals surface area contributed by atoms with Gasteiger partial charge in [0.25, 0.3) is 0 Å². The van der Waals surface area contributed by atoms with Crippen LogP contribution in [-0.4, -0.2) is 31.0 Å². The van der Waals surface area contributed by atoms with Gasteiger partial charge in [-0.15, -0.1) is 22.7 Å². The third-order valence-corrected chi connectivity index (χ3v) is 5.07. The molecule has 2 aromatic rings. The van der Waals surface area contributed by atoms with Gasteiger partial charge < -0.3 is 10.2 Å². The van der Waals surface area contributed by atoms with Crippen molar-refractivity contribution in [3.8, 4) is 0 Å². The Morgan fingerprint density at radius 2 is 2.14 bits per heavy atom. The smallest absolute Gasteiger partial charge is 0.194 e. The van der Waals surface area contributed by atoms with Crippen LogP contribution >= 0.6 is 22.7 Å². The summed E-state index contributed by atoms with van der Waals surface area (Å²) in [6.45, 7) is 6.87. The molecule has 0 aliphatic heterocycles. The number of aryl methyl sites for hydroxylation is 1. The minimum atomic E-state index is 0.754. The van der Waals surface area contributed by atoms with Gasteiger partial charge in [-0.05, 0) is 43.8 Å². The lowest BCUT2D eigenvalue weighted by atomic mass is 10.3. The van der Waals surface area contributed by atoms with Crippen LogP contribution in [0.4, 0.5) is 0 Å². The molecule has 2 heterocycles. The Hall–Kier alpha value is -1.33. The van der Waals surface area contributed by atoms with Crippen molar-refractivity contribution >= 4 is 28.6 Å². The van der Waals surface area contributed by atoms with Crippen molar-refractivity contribution in [3.63, 3.8) is 0 Å². The molecule has 2 aromatic heterocycles. The van der Waals surface area contributed by atoms with Crippen molar-refractivity contribution in [1.29, 1.82) is 0 Å². The van der Waals surface area contributed by atoms with E-state index in [0.717, 1.165) is 32.0 Å². The summed E-state index contributed by atoms with van der Waals surface area (Å²) in [5.41, 5.74) is 0. The molecule has 0 bridgehead atoms. The van der Waals surface area contributed by atoms with Crippen molar-refractivity contribution < 1.29 is 0 Å². The molecule has 0 aliphatic carbocycles. The van der Waals surface area contributed by atoms with Gasteiger partial charge >= 0.3 is 0 Å². The van der Waals surface area contributed by atoms with E-state index in [9.17, 15) is 0 Å². The summed E-state index contributed by atoms with van der Waals surface area (Å²) >= 11 is 3.64. The second-order valence-electron chi connectivity index (χ2n) is 4.93. The summed E-state index contributed by atoms with van der Waals surface area (Å²) in [6.07, 6.45) is 1.07. The van der Waals surface area contributed by atoms with E-state index in [1.807, 2.05) is 22.7 Å². The molecule has 0 fully saturated rings. The van der Waals surface area contributed by atoms with Crippen molar-refractivity contribution in [1.82, 2.24) is 10.2 Å². The van der Waals surface area contributed by atoms with Crippen LogP contribution in [0.2, 0.25) is 0 Å². The molecule has 0 atom stereocenters. The molecular weight excluding hydrogens is 298 g/mol. The number of hydrogen-bond acceptors (Lipinski definition) is 3. The zero-order valence-electron chi connectivity index (χ0n) is 12.9. The third-order valence-electron chi connectivity index (χ3n) is 3.15. The number of aliphatic imine (C=N–C) groups is 1. The van der Waals surface area contributed by atoms with E-state index in [1.54, 1.807) is 0 Å². The molecular formula is C16H23N3S2. The van der Waals surface area contributed by atoms with Gasteiger partial charge in [-0.3, -0.25) is 0 Å². The molecule has 21 heavy (non-hydrogen) atoms. The number of hydrogen-bond donors (Lipinski definition) is 1. The Morgan fingerprint density at radius 3 is 2.76 bits per heavy atom. The summed E-state index contributed by atoms with van der Waals surface area (Å²) in [5, 5.41) is 5.51. The lowest BCUT2D eigenvalue weighted by molar-refractivity contribution is 0.487. The van der Waals surface area contributed by atoms with Gasteiger partial charge in [0.05, 0.1) is 6.54 Å². The van der Waals surface area contributed by atoms with E-state index >= 15 is 0 Å². The number of guanidine groups is 1. The van der Waals surface area contributed by atoms with Gasteiger partial charge in [0.1, 0.15) is 0 Å². The van der Waals surface area contributed by atoms with Crippen LogP contribution in [-0.2, 0) is 13.0 Å². The van der Waals surface area contributed by atoms with Crippen LogP contribution in [0, 0.1) is 6.92 Å². The quantitative estimate of drug-likeness (QED) is 0.648.